The normalized spacial score (nSPS) is 15.2. The van der Waals surface area contributed by atoms with Gasteiger partial charge in [0.25, 0.3) is 0 Å². The Bertz CT molecular complexity index is 1740. The van der Waals surface area contributed by atoms with Crippen molar-refractivity contribution in [2.45, 2.75) is 25.7 Å². The van der Waals surface area contributed by atoms with E-state index >= 15 is 0 Å². The molecule has 0 atom stereocenters. The highest BCUT2D eigenvalue weighted by Crippen LogP contribution is 2.56. The first-order chi connectivity index (χ1) is 17.5. The molecule has 5 aromatic rings. The molecule has 0 unspecified atom stereocenters. The fourth-order valence-corrected chi connectivity index (χ4v) is 6.29. The zero-order chi connectivity index (χ0) is 24.9. The quantitative estimate of drug-likeness (QED) is 0.285. The van der Waals surface area contributed by atoms with Crippen molar-refractivity contribution in [3.05, 3.63) is 43.7 Å². The summed E-state index contributed by atoms with van der Waals surface area (Å²) in [6.45, 7) is 0.841. The molecular weight excluding hydrogens is 464 g/mol. The van der Waals surface area contributed by atoms with Crippen molar-refractivity contribution in [1.82, 2.24) is 0 Å². The number of ether oxygens (including phenoxy) is 4. The topological polar surface area (TPSA) is 112 Å². The van der Waals surface area contributed by atoms with E-state index in [1.165, 1.54) is 26.4 Å². The van der Waals surface area contributed by atoms with Crippen molar-refractivity contribution in [1.29, 1.82) is 0 Å². The lowest BCUT2D eigenvalue weighted by atomic mass is 9.81. The molecule has 2 aliphatic heterocycles. The Hall–Kier alpha value is -4.20. The van der Waals surface area contributed by atoms with Gasteiger partial charge in [-0.05, 0) is 36.5 Å². The SMILES string of the molecule is COc1cc(=O)c2c(O)c3c(c4c5c6c(c(O)c7c(=O)cc(OC)c(c1c24)c75)OCCC6)CCCO3. The molecule has 8 heteroatoms. The molecule has 2 aliphatic rings. The number of aromatic hydroxyl groups is 2. The van der Waals surface area contributed by atoms with Gasteiger partial charge in [-0.25, -0.2) is 0 Å². The lowest BCUT2D eigenvalue weighted by Crippen LogP contribution is -2.15. The average molecular weight is 486 g/mol. The van der Waals surface area contributed by atoms with Crippen molar-refractivity contribution in [2.24, 2.45) is 0 Å². The van der Waals surface area contributed by atoms with Crippen LogP contribution in [0.1, 0.15) is 24.0 Å². The molecule has 0 aromatic heterocycles. The summed E-state index contributed by atoms with van der Waals surface area (Å²) in [6, 6.07) is 2.66. The van der Waals surface area contributed by atoms with Gasteiger partial charge in [-0.2, -0.15) is 0 Å². The van der Waals surface area contributed by atoms with Crippen LogP contribution in [0.15, 0.2) is 21.7 Å². The molecule has 8 nitrogen and oxygen atoms in total. The number of phenols is 2. The minimum absolute atomic E-state index is 0.132. The summed E-state index contributed by atoms with van der Waals surface area (Å²) in [7, 11) is 2.94. The van der Waals surface area contributed by atoms with Crippen LogP contribution in [0.3, 0.4) is 0 Å². The van der Waals surface area contributed by atoms with Gasteiger partial charge >= 0.3 is 0 Å². The van der Waals surface area contributed by atoms with Gasteiger partial charge in [0.05, 0.1) is 38.2 Å². The maximum atomic E-state index is 13.4. The Morgan fingerprint density at radius 3 is 1.44 bits per heavy atom. The first kappa shape index (κ1) is 21.1. The van der Waals surface area contributed by atoms with E-state index in [9.17, 15) is 19.8 Å². The van der Waals surface area contributed by atoms with Crippen LogP contribution in [0.2, 0.25) is 0 Å². The van der Waals surface area contributed by atoms with Crippen LogP contribution in [0, 0.1) is 0 Å². The summed E-state index contributed by atoms with van der Waals surface area (Å²) in [4.78, 5) is 26.7. The maximum absolute atomic E-state index is 13.4. The first-order valence-corrected chi connectivity index (χ1v) is 11.9. The van der Waals surface area contributed by atoms with E-state index in [2.05, 4.69) is 0 Å². The van der Waals surface area contributed by atoms with E-state index in [-0.39, 0.29) is 33.8 Å². The van der Waals surface area contributed by atoms with Crippen LogP contribution < -0.4 is 29.8 Å². The Morgan fingerprint density at radius 1 is 0.639 bits per heavy atom. The zero-order valence-corrected chi connectivity index (χ0v) is 19.7. The van der Waals surface area contributed by atoms with E-state index < -0.39 is 10.9 Å². The second kappa shape index (κ2) is 7.16. The summed E-state index contributed by atoms with van der Waals surface area (Å²) in [5, 5.41) is 26.4. The van der Waals surface area contributed by atoms with Crippen LogP contribution in [0.5, 0.6) is 34.5 Å². The summed E-state index contributed by atoms with van der Waals surface area (Å²) < 4.78 is 23.2. The van der Waals surface area contributed by atoms with Crippen molar-refractivity contribution >= 4 is 43.1 Å². The predicted molar refractivity (Wildman–Crippen MR) is 135 cm³/mol. The van der Waals surface area contributed by atoms with Crippen LogP contribution >= 0.6 is 0 Å². The highest BCUT2D eigenvalue weighted by atomic mass is 16.5. The Morgan fingerprint density at radius 2 is 1.06 bits per heavy atom. The van der Waals surface area contributed by atoms with Gasteiger partial charge < -0.3 is 29.2 Å². The number of benzene rings is 5. The molecule has 0 fully saturated rings. The third kappa shape index (κ3) is 2.39. The average Bonchev–Trinajstić information content (AvgIpc) is 2.90. The van der Waals surface area contributed by atoms with Gasteiger partial charge in [0, 0.05) is 44.8 Å². The highest BCUT2D eigenvalue weighted by Gasteiger charge is 2.33. The smallest absolute Gasteiger partial charge is 0.194 e. The van der Waals surface area contributed by atoms with Gasteiger partial charge in [-0.15, -0.1) is 0 Å². The third-order valence-corrected chi connectivity index (χ3v) is 7.64. The molecule has 0 bridgehead atoms. The van der Waals surface area contributed by atoms with E-state index in [0.717, 1.165) is 34.7 Å². The van der Waals surface area contributed by atoms with Crippen molar-refractivity contribution in [2.75, 3.05) is 27.4 Å². The molecular formula is C28H22O8. The molecule has 0 radical (unpaired) electrons. The van der Waals surface area contributed by atoms with E-state index in [1.807, 2.05) is 0 Å². The van der Waals surface area contributed by atoms with Crippen LogP contribution in [0.25, 0.3) is 43.1 Å². The lowest BCUT2D eigenvalue weighted by Gasteiger charge is -2.28. The molecule has 182 valence electrons. The van der Waals surface area contributed by atoms with Crippen molar-refractivity contribution < 1.29 is 29.2 Å². The number of rotatable bonds is 2. The van der Waals surface area contributed by atoms with E-state index in [4.69, 9.17) is 18.9 Å². The minimum Gasteiger partial charge on any atom is -0.504 e. The Labute approximate surface area is 203 Å². The molecule has 5 aromatic carbocycles. The molecule has 0 saturated carbocycles. The van der Waals surface area contributed by atoms with Gasteiger partial charge in [0.2, 0.25) is 0 Å². The summed E-state index contributed by atoms with van der Waals surface area (Å²) in [5.41, 5.74) is 0.732. The minimum atomic E-state index is -0.399. The summed E-state index contributed by atoms with van der Waals surface area (Å²) in [6.07, 6.45) is 2.68. The second-order valence-electron chi connectivity index (χ2n) is 9.37. The van der Waals surface area contributed by atoms with Gasteiger partial charge in [0.1, 0.15) is 11.5 Å². The largest absolute Gasteiger partial charge is 0.504 e. The summed E-state index contributed by atoms with van der Waals surface area (Å²) in [5.74, 6) is 0.778. The summed E-state index contributed by atoms with van der Waals surface area (Å²) >= 11 is 0. The molecule has 7 rings (SSSR count). The van der Waals surface area contributed by atoms with Crippen LogP contribution in [0.4, 0.5) is 0 Å². The van der Waals surface area contributed by atoms with Crippen molar-refractivity contribution in [3.8, 4) is 34.5 Å². The number of hydrogen-bond acceptors (Lipinski definition) is 8. The van der Waals surface area contributed by atoms with Gasteiger partial charge in [0.15, 0.2) is 33.9 Å². The van der Waals surface area contributed by atoms with Crippen LogP contribution in [-0.2, 0) is 12.8 Å². The lowest BCUT2D eigenvalue weighted by molar-refractivity contribution is 0.274. The molecule has 0 amide bonds. The van der Waals surface area contributed by atoms with Gasteiger partial charge in [-0.1, -0.05) is 0 Å². The highest BCUT2D eigenvalue weighted by molar-refractivity contribution is 6.38. The number of methoxy groups -OCH3 is 2. The Kier molecular flexibility index (Phi) is 4.20. The molecule has 0 spiro atoms. The molecule has 2 heterocycles. The van der Waals surface area contributed by atoms with E-state index in [1.54, 1.807) is 0 Å². The van der Waals surface area contributed by atoms with E-state index in [0.29, 0.717) is 59.1 Å². The standard InChI is InChI=1S/C28H22O8/c1-33-15-9-13(29)19-23-17(11-5-3-7-35-27(11)25(19)31)18-12-6-4-8-36-28(12)26(32)20-14(30)10-16(34-2)22(21(15)23)24(18)20/h9-10,31-32H,3-8H2,1-2H3. The number of aryl methyl sites for hydroxylation is 2. The molecule has 36 heavy (non-hydrogen) atoms. The predicted octanol–water partition coefficient (Wildman–Crippen LogP) is 3.97. The monoisotopic (exact) mass is 486 g/mol. The second-order valence-corrected chi connectivity index (χ2v) is 9.37. The fourth-order valence-electron chi connectivity index (χ4n) is 6.29. The maximum Gasteiger partial charge on any atom is 0.194 e. The van der Waals surface area contributed by atoms with Crippen LogP contribution in [-0.4, -0.2) is 37.6 Å². The number of hydrogen-bond donors (Lipinski definition) is 2. The third-order valence-electron chi connectivity index (χ3n) is 7.64. The zero-order valence-electron chi connectivity index (χ0n) is 19.7. The number of fused-ring (bicyclic) bond motifs is 6. The molecule has 2 N–H and O–H groups in total. The Balaban J connectivity index is 1.97. The van der Waals surface area contributed by atoms with Gasteiger partial charge in [-0.3, -0.25) is 9.59 Å². The molecule has 0 saturated heterocycles. The number of phenolic OH excluding ortho intramolecular Hbond substituents is 2. The molecule has 0 aliphatic carbocycles. The van der Waals surface area contributed by atoms with Crippen molar-refractivity contribution in [3.63, 3.8) is 0 Å². The fraction of sp³-hybridized carbons (Fsp3) is 0.286. The first-order valence-electron chi connectivity index (χ1n) is 11.9.